The van der Waals surface area contributed by atoms with E-state index in [9.17, 15) is 0 Å². The number of hydrogen-bond donors (Lipinski definition) is 0. The zero-order valence-electron chi connectivity index (χ0n) is 2.22. The topological polar surface area (TPSA) is 0 Å². The Balaban J connectivity index is 1.97. The fraction of sp³-hybridized carbons (Fsp3) is 1.00. The van der Waals surface area contributed by atoms with Crippen molar-refractivity contribution in [2.24, 2.45) is 0 Å². The van der Waals surface area contributed by atoms with E-state index < -0.39 is 0 Å². The Morgan fingerprint density at radius 1 is 1.75 bits per heavy atom. The molecule has 0 heterocycles. The summed E-state index contributed by atoms with van der Waals surface area (Å²) < 4.78 is 0. The first-order valence-corrected chi connectivity index (χ1v) is 25.7. The number of rotatable bonds is 1. The van der Waals surface area contributed by atoms with Crippen molar-refractivity contribution >= 4 is 0 Å². The quantitative estimate of drug-likeness (QED) is 0.436. The van der Waals surface area contributed by atoms with Crippen molar-refractivity contribution < 1.29 is 45.0 Å². The molecule has 4 heavy (non-hydrogen) atoms. The molecule has 0 unspecified atom stereocenters. The molecule has 0 aliphatic rings. The summed E-state index contributed by atoms with van der Waals surface area (Å²) in [6, 6.07) is 0. The predicted octanol–water partition coefficient (Wildman–Crippen LogP) is 0.576. The summed E-state index contributed by atoms with van der Waals surface area (Å²) >= 11 is 2.89. The third kappa shape index (κ3) is 4.06. The molecular formula is CH3W3. The van der Waals surface area contributed by atoms with Crippen LogP contribution in [0.25, 0.3) is 0 Å². The molecule has 0 atom stereocenters. The van der Waals surface area contributed by atoms with Gasteiger partial charge in [0.25, 0.3) is 0 Å². The van der Waals surface area contributed by atoms with Crippen LogP contribution in [0.1, 0.15) is 0 Å². The molecule has 3 heteroatoms. The Kier molecular flexibility index (Phi) is 7.68. The molecule has 0 radical (unpaired) electrons. The maximum atomic E-state index is 2.44. The van der Waals surface area contributed by atoms with Gasteiger partial charge in [0, 0.05) is 0 Å². The zero-order valence-corrected chi connectivity index (χ0v) is 11.0. The molecule has 0 spiro atoms. The van der Waals surface area contributed by atoms with Gasteiger partial charge in [-0.3, -0.25) is 0 Å². The summed E-state index contributed by atoms with van der Waals surface area (Å²) in [5.41, 5.74) is 0. The molecule has 0 aromatic heterocycles. The van der Waals surface area contributed by atoms with Crippen LogP contribution < -0.4 is 0 Å². The molecule has 0 aromatic rings. The van der Waals surface area contributed by atoms with Crippen LogP contribution in [0.5, 0.6) is 0 Å². The van der Waals surface area contributed by atoms with Gasteiger partial charge in [-0.1, -0.05) is 0 Å². The maximum absolute atomic E-state index is 2.44. The van der Waals surface area contributed by atoms with E-state index >= 15 is 0 Å². The van der Waals surface area contributed by atoms with Gasteiger partial charge in [0.2, 0.25) is 0 Å². The molecular weight excluding hydrogens is 564 g/mol. The van der Waals surface area contributed by atoms with Gasteiger partial charge in [0.05, 0.1) is 0 Å². The molecule has 0 saturated carbocycles. The van der Waals surface area contributed by atoms with E-state index in [4.69, 9.17) is 0 Å². The summed E-state index contributed by atoms with van der Waals surface area (Å²) in [7, 11) is 0. The van der Waals surface area contributed by atoms with E-state index in [1.165, 1.54) is 0 Å². The predicted molar refractivity (Wildman–Crippen MR) is 5.86 cm³/mol. The van der Waals surface area contributed by atoms with Crippen molar-refractivity contribution in [3.05, 3.63) is 0 Å². The standard InChI is InChI=1S/CH3.3W/h1H3;;;. The molecule has 0 aromatic carbocycles. The van der Waals surface area contributed by atoms with Gasteiger partial charge in [0.1, 0.15) is 0 Å². The second-order valence-electron chi connectivity index (χ2n) is 0.235. The second kappa shape index (κ2) is 5.06. The van der Waals surface area contributed by atoms with E-state index in [0.717, 1.165) is 0 Å². The van der Waals surface area contributed by atoms with Gasteiger partial charge in [-0.2, -0.15) is 0 Å². The fourth-order valence-corrected chi connectivity index (χ4v) is 0. The van der Waals surface area contributed by atoms with Gasteiger partial charge < -0.3 is 0 Å². The Labute approximate surface area is 49.5 Å². The van der Waals surface area contributed by atoms with Gasteiger partial charge >= 0.3 is 50.3 Å². The Hall–Kier alpha value is 2.06. The SMILES string of the molecule is [CH3][W][W][W]. The molecule has 0 aliphatic heterocycles. The van der Waals surface area contributed by atoms with E-state index in [0.29, 0.717) is 28.1 Å². The van der Waals surface area contributed by atoms with Crippen LogP contribution in [0, 0.1) is 0 Å². The molecule has 0 aliphatic carbocycles. The molecule has 0 saturated heterocycles. The third-order valence-corrected chi connectivity index (χ3v) is 37.3. The van der Waals surface area contributed by atoms with Crippen molar-refractivity contribution in [2.45, 2.75) is 5.31 Å². The summed E-state index contributed by atoms with van der Waals surface area (Å²) in [5.74, 6) is 0. The summed E-state index contributed by atoms with van der Waals surface area (Å²) in [6.45, 7) is 0. The van der Waals surface area contributed by atoms with Crippen LogP contribution in [-0.2, 0) is 45.0 Å². The Morgan fingerprint density at radius 3 is 2.00 bits per heavy atom. The first-order chi connectivity index (χ1) is 1.91. The van der Waals surface area contributed by atoms with Crippen LogP contribution >= 0.6 is 0 Å². The van der Waals surface area contributed by atoms with Crippen molar-refractivity contribution in [3.63, 3.8) is 0 Å². The van der Waals surface area contributed by atoms with Crippen LogP contribution in [0.4, 0.5) is 0 Å². The molecule has 0 fully saturated rings. The average molecular weight is 567 g/mol. The van der Waals surface area contributed by atoms with Crippen LogP contribution in [-0.4, -0.2) is 0 Å². The van der Waals surface area contributed by atoms with E-state index in [1.54, 1.807) is 0 Å². The Bertz CT molecular complexity index is 5.25. The fourth-order valence-electron chi connectivity index (χ4n) is 0. The van der Waals surface area contributed by atoms with Crippen LogP contribution in [0.2, 0.25) is 5.31 Å². The first kappa shape index (κ1) is 6.06. The summed E-state index contributed by atoms with van der Waals surface area (Å²) in [5, 5.41) is 2.44. The van der Waals surface area contributed by atoms with E-state index in [2.05, 4.69) is 5.31 Å². The molecule has 0 bridgehead atoms. The molecule has 0 amide bonds. The van der Waals surface area contributed by atoms with Crippen molar-refractivity contribution in [1.29, 1.82) is 0 Å². The molecule has 0 N–H and O–H groups in total. The normalized spacial score (nSPS) is 7.25. The van der Waals surface area contributed by atoms with Gasteiger partial charge in [-0.05, 0) is 0 Å². The number of hydrogen-bond acceptors (Lipinski definition) is 0. The van der Waals surface area contributed by atoms with Gasteiger partial charge in [-0.15, -0.1) is 0 Å². The first-order valence-electron chi connectivity index (χ1n) is 0.742. The molecule has 0 rings (SSSR count). The zero-order chi connectivity index (χ0) is 3.41. The van der Waals surface area contributed by atoms with Gasteiger partial charge in [-0.25, -0.2) is 0 Å². The van der Waals surface area contributed by atoms with Crippen molar-refractivity contribution in [3.8, 4) is 0 Å². The monoisotopic (exact) mass is 567 g/mol. The van der Waals surface area contributed by atoms with E-state index in [1.807, 2.05) is 16.8 Å². The summed E-state index contributed by atoms with van der Waals surface area (Å²) in [6.07, 6.45) is 0. The minimum atomic E-state index is 0.449. The summed E-state index contributed by atoms with van der Waals surface area (Å²) in [4.78, 5) is 0. The average Bonchev–Trinajstić information content (AvgIpc) is 1.37. The Morgan fingerprint density at radius 2 is 2.00 bits per heavy atom. The van der Waals surface area contributed by atoms with Gasteiger partial charge in [0.15, 0.2) is 0 Å². The second-order valence-corrected chi connectivity index (χ2v) is 48.5. The van der Waals surface area contributed by atoms with E-state index in [-0.39, 0.29) is 0 Å². The van der Waals surface area contributed by atoms with Crippen LogP contribution in [0.3, 0.4) is 0 Å². The molecule has 0 nitrogen and oxygen atoms in total. The minimum absolute atomic E-state index is 0.449. The van der Waals surface area contributed by atoms with Crippen molar-refractivity contribution in [1.82, 2.24) is 0 Å². The van der Waals surface area contributed by atoms with Crippen molar-refractivity contribution in [2.75, 3.05) is 0 Å². The molecule has 25 valence electrons. The third-order valence-electron chi connectivity index (χ3n) is 0.0680. The van der Waals surface area contributed by atoms with Crippen LogP contribution in [0.15, 0.2) is 0 Å².